The van der Waals surface area contributed by atoms with Gasteiger partial charge in [-0.25, -0.2) is 0 Å². The Hall–Kier alpha value is -2.34. The van der Waals surface area contributed by atoms with Crippen LogP contribution in [0.15, 0.2) is 64.6 Å². The Labute approximate surface area is 158 Å². The molecule has 8 heteroatoms. The number of nitrogens with one attached hydrogen (secondary N) is 1. The molecule has 5 nitrogen and oxygen atoms in total. The van der Waals surface area contributed by atoms with Crippen molar-refractivity contribution in [1.29, 1.82) is 0 Å². The Morgan fingerprint density at radius 2 is 1.80 bits per heavy atom. The van der Waals surface area contributed by atoms with Crippen molar-refractivity contribution in [2.75, 3.05) is 5.43 Å². The fraction of sp³-hybridized carbons (Fsp3) is 0. The lowest BCUT2D eigenvalue weighted by molar-refractivity contribution is 0.808. The minimum absolute atomic E-state index is 0.00913. The molecule has 3 aromatic rings. The fourth-order valence-corrected chi connectivity index (χ4v) is 2.51. The molecule has 0 aliphatic heterocycles. The summed E-state index contributed by atoms with van der Waals surface area (Å²) in [5.41, 5.74) is 3.92. The van der Waals surface area contributed by atoms with Gasteiger partial charge >= 0.3 is 0 Å². The van der Waals surface area contributed by atoms with Gasteiger partial charge in [-0.15, -0.1) is 0 Å². The summed E-state index contributed by atoms with van der Waals surface area (Å²) in [5.74, 6) is 0. The maximum atomic E-state index is 12.3. The summed E-state index contributed by atoms with van der Waals surface area (Å²) in [4.78, 5) is 12.3. The van der Waals surface area contributed by atoms with Gasteiger partial charge in [-0.2, -0.15) is 14.9 Å². The zero-order chi connectivity index (χ0) is 17.8. The van der Waals surface area contributed by atoms with Gasteiger partial charge in [0.05, 0.1) is 28.1 Å². The average Bonchev–Trinajstić information content (AvgIpc) is 2.62. The van der Waals surface area contributed by atoms with E-state index in [-0.39, 0.29) is 5.02 Å². The summed E-state index contributed by atoms with van der Waals surface area (Å²) in [7, 11) is 0. The number of hydrogen-bond donors (Lipinski definition) is 1. The normalized spacial score (nSPS) is 11.0. The number of anilines is 1. The van der Waals surface area contributed by atoms with E-state index in [1.165, 1.54) is 17.1 Å². The molecule has 0 fully saturated rings. The van der Waals surface area contributed by atoms with Crippen molar-refractivity contribution in [2.24, 2.45) is 5.10 Å². The quantitative estimate of drug-likeness (QED) is 0.519. The molecule has 1 aromatic heterocycles. The molecule has 0 saturated carbocycles. The number of aromatic nitrogens is 2. The highest BCUT2D eigenvalue weighted by molar-refractivity contribution is 6.42. The molecule has 0 saturated heterocycles. The van der Waals surface area contributed by atoms with Crippen LogP contribution in [0.25, 0.3) is 5.69 Å². The number of nitrogens with zero attached hydrogens (tertiary/aromatic N) is 3. The molecule has 0 aliphatic rings. The number of benzene rings is 2. The van der Waals surface area contributed by atoms with E-state index in [9.17, 15) is 4.79 Å². The summed E-state index contributed by atoms with van der Waals surface area (Å²) in [6, 6.07) is 14.1. The summed E-state index contributed by atoms with van der Waals surface area (Å²) < 4.78 is 1.22. The molecule has 0 spiro atoms. The molecular formula is C17H11Cl3N4O. The van der Waals surface area contributed by atoms with Crippen LogP contribution in [0, 0.1) is 0 Å². The Balaban J connectivity index is 1.82. The van der Waals surface area contributed by atoms with Crippen LogP contribution in [0.4, 0.5) is 5.69 Å². The number of rotatable bonds is 4. The number of hydrogen-bond acceptors (Lipinski definition) is 4. The van der Waals surface area contributed by atoms with E-state index in [1.54, 1.807) is 30.3 Å². The van der Waals surface area contributed by atoms with Gasteiger partial charge in [-0.1, -0.05) is 59.1 Å². The lowest BCUT2D eigenvalue weighted by atomic mass is 10.2. The number of hydrazone groups is 1. The zero-order valence-electron chi connectivity index (χ0n) is 12.7. The van der Waals surface area contributed by atoms with Gasteiger partial charge < -0.3 is 0 Å². The average molecular weight is 394 g/mol. The van der Waals surface area contributed by atoms with E-state index in [1.807, 2.05) is 18.2 Å². The summed E-state index contributed by atoms with van der Waals surface area (Å²) in [6.07, 6.45) is 2.96. The van der Waals surface area contributed by atoms with Gasteiger partial charge in [-0.05, 0) is 29.8 Å². The highest BCUT2D eigenvalue weighted by Gasteiger charge is 2.09. The third kappa shape index (κ3) is 4.02. The molecule has 0 atom stereocenters. The number of para-hydroxylation sites is 1. The van der Waals surface area contributed by atoms with E-state index in [2.05, 4.69) is 15.6 Å². The molecule has 1 N–H and O–H groups in total. The Bertz CT molecular complexity index is 987. The van der Waals surface area contributed by atoms with Crippen molar-refractivity contribution in [3.05, 3.63) is 85.7 Å². The lowest BCUT2D eigenvalue weighted by Crippen LogP contribution is -2.22. The van der Waals surface area contributed by atoms with Crippen molar-refractivity contribution >= 4 is 46.7 Å². The third-order valence-electron chi connectivity index (χ3n) is 3.26. The van der Waals surface area contributed by atoms with Crippen LogP contribution in [-0.2, 0) is 0 Å². The lowest BCUT2D eigenvalue weighted by Gasteiger charge is -2.07. The van der Waals surface area contributed by atoms with Crippen LogP contribution in [-0.4, -0.2) is 16.0 Å². The topological polar surface area (TPSA) is 59.3 Å². The largest absolute Gasteiger partial charge is 0.292 e. The second kappa shape index (κ2) is 7.70. The maximum Gasteiger partial charge on any atom is 0.292 e. The first-order valence-electron chi connectivity index (χ1n) is 7.13. The van der Waals surface area contributed by atoms with Crippen molar-refractivity contribution in [3.8, 4) is 5.69 Å². The van der Waals surface area contributed by atoms with Crippen molar-refractivity contribution in [1.82, 2.24) is 9.78 Å². The summed E-state index contributed by atoms with van der Waals surface area (Å²) in [6.45, 7) is 0. The molecule has 0 radical (unpaired) electrons. The van der Waals surface area contributed by atoms with Crippen LogP contribution in [0.3, 0.4) is 0 Å². The van der Waals surface area contributed by atoms with E-state index >= 15 is 0 Å². The van der Waals surface area contributed by atoms with Gasteiger partial charge in [0.25, 0.3) is 5.56 Å². The smallest absolute Gasteiger partial charge is 0.275 e. The van der Waals surface area contributed by atoms with Crippen molar-refractivity contribution in [3.63, 3.8) is 0 Å². The Morgan fingerprint density at radius 3 is 2.52 bits per heavy atom. The van der Waals surface area contributed by atoms with Crippen molar-refractivity contribution < 1.29 is 0 Å². The van der Waals surface area contributed by atoms with Gasteiger partial charge in [0.2, 0.25) is 0 Å². The SMILES string of the molecule is O=c1c(Cl)c(N/N=C\c2ccc(Cl)c(Cl)c2)cnn1-c1ccccc1. The minimum Gasteiger partial charge on any atom is -0.275 e. The molecule has 0 unspecified atom stereocenters. The highest BCUT2D eigenvalue weighted by Crippen LogP contribution is 2.22. The Kier molecular flexibility index (Phi) is 5.38. The monoisotopic (exact) mass is 392 g/mol. The molecule has 0 aliphatic carbocycles. The van der Waals surface area contributed by atoms with Gasteiger partial charge in [0.1, 0.15) is 10.7 Å². The fourth-order valence-electron chi connectivity index (χ4n) is 2.03. The van der Waals surface area contributed by atoms with Crippen LogP contribution in [0.5, 0.6) is 0 Å². The standard InChI is InChI=1S/C17H11Cl3N4O/c18-13-7-6-11(8-14(13)19)9-21-23-15-10-22-24(17(25)16(15)20)12-4-2-1-3-5-12/h1-10,23H/b21-9-. The van der Waals surface area contributed by atoms with Gasteiger partial charge in [-0.3, -0.25) is 10.2 Å². The van der Waals surface area contributed by atoms with E-state index < -0.39 is 5.56 Å². The maximum absolute atomic E-state index is 12.3. The zero-order valence-corrected chi connectivity index (χ0v) is 14.9. The first-order valence-corrected chi connectivity index (χ1v) is 8.27. The molecule has 126 valence electrons. The van der Waals surface area contributed by atoms with Crippen molar-refractivity contribution in [2.45, 2.75) is 0 Å². The minimum atomic E-state index is -0.442. The van der Waals surface area contributed by atoms with Gasteiger partial charge in [0, 0.05) is 0 Å². The molecular weight excluding hydrogens is 383 g/mol. The van der Waals surface area contributed by atoms with Crippen LogP contribution >= 0.6 is 34.8 Å². The van der Waals surface area contributed by atoms with E-state index in [0.717, 1.165) is 5.56 Å². The summed E-state index contributed by atoms with van der Waals surface area (Å²) in [5, 5.41) is 9.02. The van der Waals surface area contributed by atoms with Crippen LogP contribution in [0.1, 0.15) is 5.56 Å². The van der Waals surface area contributed by atoms with E-state index in [4.69, 9.17) is 34.8 Å². The molecule has 0 amide bonds. The molecule has 2 aromatic carbocycles. The van der Waals surface area contributed by atoms with Crippen LogP contribution in [0.2, 0.25) is 15.1 Å². The van der Waals surface area contributed by atoms with E-state index in [0.29, 0.717) is 21.4 Å². The molecule has 0 bridgehead atoms. The first-order chi connectivity index (χ1) is 12.1. The molecule has 1 heterocycles. The second-order valence-electron chi connectivity index (χ2n) is 4.97. The third-order valence-corrected chi connectivity index (χ3v) is 4.37. The molecule has 25 heavy (non-hydrogen) atoms. The highest BCUT2D eigenvalue weighted by atomic mass is 35.5. The van der Waals surface area contributed by atoms with Gasteiger partial charge in [0.15, 0.2) is 0 Å². The molecule has 3 rings (SSSR count). The predicted octanol–water partition coefficient (Wildman–Crippen LogP) is 4.64. The predicted molar refractivity (Wildman–Crippen MR) is 103 cm³/mol. The van der Waals surface area contributed by atoms with Crippen LogP contribution < -0.4 is 11.0 Å². The first kappa shape index (κ1) is 17.5. The number of halogens is 3. The second-order valence-corrected chi connectivity index (χ2v) is 6.16. The summed E-state index contributed by atoms with van der Waals surface area (Å²) >= 11 is 17.9. The Morgan fingerprint density at radius 1 is 1.04 bits per heavy atom.